The number of aromatic nitrogens is 1. The number of hydrogen-bond acceptors (Lipinski definition) is 2. The summed E-state index contributed by atoms with van der Waals surface area (Å²) in [6.45, 7) is 3.99. The van der Waals surface area contributed by atoms with E-state index in [4.69, 9.17) is 0 Å². The number of aryl methyl sites for hydroxylation is 1. The highest BCUT2D eigenvalue weighted by atomic mass is 15.1. The largest absolute Gasteiger partial charge is 0.336 e. The summed E-state index contributed by atoms with van der Waals surface area (Å²) >= 11 is 0. The molecule has 0 bridgehead atoms. The van der Waals surface area contributed by atoms with Gasteiger partial charge in [0.15, 0.2) is 0 Å². The van der Waals surface area contributed by atoms with Gasteiger partial charge in [0.25, 0.3) is 0 Å². The van der Waals surface area contributed by atoms with Crippen molar-refractivity contribution in [3.8, 4) is 0 Å². The number of pyridine rings is 1. The number of allylic oxidation sites excluding steroid dienone is 1. The molecule has 12 heavy (non-hydrogen) atoms. The van der Waals surface area contributed by atoms with Crippen molar-refractivity contribution in [2.75, 3.05) is 11.9 Å². The number of nitrogens with zero attached hydrogens (tertiary/aromatic N) is 2. The van der Waals surface area contributed by atoms with Crippen molar-refractivity contribution in [2.24, 2.45) is 0 Å². The lowest BCUT2D eigenvalue weighted by Gasteiger charge is -2.12. The van der Waals surface area contributed by atoms with E-state index < -0.39 is 0 Å². The monoisotopic (exact) mass is 162 g/mol. The Morgan fingerprint density at radius 3 is 2.75 bits per heavy atom. The zero-order valence-electron chi connectivity index (χ0n) is 7.78. The van der Waals surface area contributed by atoms with Crippen molar-refractivity contribution >= 4 is 5.82 Å². The minimum absolute atomic E-state index is 0.980. The Bertz CT molecular complexity index is 279. The molecule has 1 rings (SSSR count). The quantitative estimate of drug-likeness (QED) is 0.663. The summed E-state index contributed by atoms with van der Waals surface area (Å²) in [7, 11) is 1.99. The van der Waals surface area contributed by atoms with E-state index in [1.54, 1.807) is 0 Å². The molecule has 2 heteroatoms. The third kappa shape index (κ3) is 2.09. The van der Waals surface area contributed by atoms with Gasteiger partial charge in [0.1, 0.15) is 5.82 Å². The van der Waals surface area contributed by atoms with Crippen LogP contribution in [0.4, 0.5) is 5.82 Å². The average Bonchev–Trinajstić information content (AvgIpc) is 2.05. The van der Waals surface area contributed by atoms with Crippen LogP contribution in [-0.2, 0) is 0 Å². The van der Waals surface area contributed by atoms with Crippen molar-refractivity contribution in [1.29, 1.82) is 0 Å². The molecule has 0 aliphatic heterocycles. The molecule has 0 unspecified atom stereocenters. The molecule has 0 N–H and O–H groups in total. The molecule has 0 aliphatic carbocycles. The fourth-order valence-electron chi connectivity index (χ4n) is 1.03. The average molecular weight is 162 g/mol. The summed E-state index contributed by atoms with van der Waals surface area (Å²) in [5.41, 5.74) is 1.05. The second-order valence-electron chi connectivity index (χ2n) is 2.73. The molecule has 64 valence electrons. The van der Waals surface area contributed by atoms with E-state index in [-0.39, 0.29) is 0 Å². The van der Waals surface area contributed by atoms with E-state index in [9.17, 15) is 0 Å². The van der Waals surface area contributed by atoms with Crippen LogP contribution in [0.5, 0.6) is 0 Å². The summed E-state index contributed by atoms with van der Waals surface area (Å²) in [5, 5.41) is 0. The van der Waals surface area contributed by atoms with Crippen LogP contribution in [0.2, 0.25) is 0 Å². The normalized spacial score (nSPS) is 10.6. The van der Waals surface area contributed by atoms with E-state index >= 15 is 0 Å². The molecule has 0 amide bonds. The lowest BCUT2D eigenvalue weighted by molar-refractivity contribution is 1.08. The van der Waals surface area contributed by atoms with E-state index in [1.165, 1.54) is 0 Å². The summed E-state index contributed by atoms with van der Waals surface area (Å²) in [4.78, 5) is 6.36. The summed E-state index contributed by atoms with van der Waals surface area (Å²) in [6, 6.07) is 6.00. The Morgan fingerprint density at radius 2 is 2.17 bits per heavy atom. The van der Waals surface area contributed by atoms with Crippen LogP contribution in [0.25, 0.3) is 0 Å². The van der Waals surface area contributed by atoms with Gasteiger partial charge in [-0.25, -0.2) is 4.98 Å². The van der Waals surface area contributed by atoms with Crippen LogP contribution >= 0.6 is 0 Å². The van der Waals surface area contributed by atoms with Gasteiger partial charge in [-0.2, -0.15) is 0 Å². The van der Waals surface area contributed by atoms with Gasteiger partial charge in [-0.15, -0.1) is 0 Å². The Balaban J connectivity index is 2.87. The number of hydrogen-bond donors (Lipinski definition) is 0. The topological polar surface area (TPSA) is 16.1 Å². The van der Waals surface area contributed by atoms with Gasteiger partial charge < -0.3 is 4.90 Å². The first-order valence-electron chi connectivity index (χ1n) is 4.03. The molecule has 0 spiro atoms. The van der Waals surface area contributed by atoms with Gasteiger partial charge in [0.2, 0.25) is 0 Å². The van der Waals surface area contributed by atoms with E-state index in [2.05, 4.69) is 4.98 Å². The third-order valence-electron chi connectivity index (χ3n) is 1.61. The van der Waals surface area contributed by atoms with Crippen molar-refractivity contribution in [3.63, 3.8) is 0 Å². The van der Waals surface area contributed by atoms with Gasteiger partial charge in [-0.1, -0.05) is 12.1 Å². The minimum Gasteiger partial charge on any atom is -0.336 e. The molecule has 0 saturated heterocycles. The highest BCUT2D eigenvalue weighted by molar-refractivity contribution is 5.41. The van der Waals surface area contributed by atoms with Crippen molar-refractivity contribution in [1.82, 2.24) is 4.98 Å². The van der Waals surface area contributed by atoms with E-state index in [0.29, 0.717) is 0 Å². The standard InChI is InChI=1S/C10H14N2/c1-4-8-12(3)10-7-5-6-9(2)11-10/h4-8H,1-3H3/b8-4-. The number of anilines is 1. The van der Waals surface area contributed by atoms with Crippen LogP contribution in [0.3, 0.4) is 0 Å². The molecule has 1 aromatic heterocycles. The van der Waals surface area contributed by atoms with Crippen LogP contribution in [0.1, 0.15) is 12.6 Å². The highest BCUT2D eigenvalue weighted by Gasteiger charge is 1.96. The summed E-state index contributed by atoms with van der Waals surface area (Å²) in [5.74, 6) is 0.980. The van der Waals surface area contributed by atoms with Gasteiger partial charge >= 0.3 is 0 Å². The molecule has 0 fully saturated rings. The fraction of sp³-hybridized carbons (Fsp3) is 0.300. The summed E-state index contributed by atoms with van der Waals surface area (Å²) < 4.78 is 0. The Hall–Kier alpha value is -1.31. The third-order valence-corrected chi connectivity index (χ3v) is 1.61. The van der Waals surface area contributed by atoms with Crippen LogP contribution in [0, 0.1) is 6.92 Å². The lowest BCUT2D eigenvalue weighted by atomic mass is 10.3. The Morgan fingerprint density at radius 1 is 1.42 bits per heavy atom. The SMILES string of the molecule is C/C=C\N(C)c1cccc(C)n1. The predicted molar refractivity (Wildman–Crippen MR) is 52.2 cm³/mol. The van der Waals surface area contributed by atoms with Gasteiger partial charge in [-0.3, -0.25) is 0 Å². The van der Waals surface area contributed by atoms with Crippen LogP contribution in [-0.4, -0.2) is 12.0 Å². The lowest BCUT2D eigenvalue weighted by Crippen LogP contribution is -2.09. The van der Waals surface area contributed by atoms with Crippen molar-refractivity contribution in [2.45, 2.75) is 13.8 Å². The number of rotatable bonds is 2. The van der Waals surface area contributed by atoms with Crippen LogP contribution in [0.15, 0.2) is 30.5 Å². The Labute approximate surface area is 73.5 Å². The van der Waals surface area contributed by atoms with E-state index in [1.807, 2.05) is 56.3 Å². The van der Waals surface area contributed by atoms with Crippen molar-refractivity contribution < 1.29 is 0 Å². The molecule has 0 radical (unpaired) electrons. The molecule has 0 saturated carbocycles. The van der Waals surface area contributed by atoms with Crippen molar-refractivity contribution in [3.05, 3.63) is 36.2 Å². The maximum Gasteiger partial charge on any atom is 0.132 e. The molecule has 2 nitrogen and oxygen atoms in total. The smallest absolute Gasteiger partial charge is 0.132 e. The zero-order chi connectivity index (χ0) is 8.97. The first-order valence-corrected chi connectivity index (χ1v) is 4.03. The van der Waals surface area contributed by atoms with Gasteiger partial charge in [-0.05, 0) is 26.0 Å². The predicted octanol–water partition coefficient (Wildman–Crippen LogP) is 2.36. The highest BCUT2D eigenvalue weighted by Crippen LogP contribution is 2.08. The first-order chi connectivity index (χ1) is 5.74. The van der Waals surface area contributed by atoms with Crippen LogP contribution < -0.4 is 4.90 Å². The minimum atomic E-state index is 0.980. The molecule has 0 aromatic carbocycles. The summed E-state index contributed by atoms with van der Waals surface area (Å²) in [6.07, 6.45) is 3.98. The molecule has 1 aromatic rings. The maximum atomic E-state index is 4.37. The molecule has 1 heterocycles. The molecular weight excluding hydrogens is 148 g/mol. The maximum absolute atomic E-state index is 4.37. The second kappa shape index (κ2) is 3.90. The molecule has 0 atom stereocenters. The molecule has 0 aliphatic rings. The molecular formula is C10H14N2. The first kappa shape index (κ1) is 8.78. The van der Waals surface area contributed by atoms with Gasteiger partial charge in [0.05, 0.1) is 0 Å². The van der Waals surface area contributed by atoms with Gasteiger partial charge in [0, 0.05) is 18.9 Å². The second-order valence-corrected chi connectivity index (χ2v) is 2.73. The fourth-order valence-corrected chi connectivity index (χ4v) is 1.03. The zero-order valence-corrected chi connectivity index (χ0v) is 7.78. The van der Waals surface area contributed by atoms with E-state index in [0.717, 1.165) is 11.5 Å². The Kier molecular flexibility index (Phi) is 2.86.